The Bertz CT molecular complexity index is 802. The Morgan fingerprint density at radius 3 is 2.73 bits per heavy atom. The topological polar surface area (TPSA) is 48.2 Å². The van der Waals surface area contributed by atoms with E-state index in [0.29, 0.717) is 27.3 Å². The molecule has 0 N–H and O–H groups in total. The molecule has 0 saturated carbocycles. The van der Waals surface area contributed by atoms with Crippen LogP contribution in [0.3, 0.4) is 0 Å². The maximum atomic E-state index is 6.12. The minimum absolute atomic E-state index is 0.222. The largest absolute Gasteiger partial charge is 0.485 e. The molecule has 0 amide bonds. The summed E-state index contributed by atoms with van der Waals surface area (Å²) >= 11 is 12.0. The lowest BCUT2D eigenvalue weighted by Gasteiger charge is -2.05. The van der Waals surface area contributed by atoms with Gasteiger partial charge in [-0.3, -0.25) is 0 Å². The fourth-order valence-corrected chi connectivity index (χ4v) is 2.43. The highest BCUT2D eigenvalue weighted by Crippen LogP contribution is 2.29. The van der Waals surface area contributed by atoms with Crippen LogP contribution in [0, 0.1) is 6.92 Å². The van der Waals surface area contributed by atoms with Crippen LogP contribution in [0.5, 0.6) is 5.75 Å². The van der Waals surface area contributed by atoms with Crippen LogP contribution < -0.4 is 4.74 Å². The molecule has 1 heterocycles. The standard InChI is InChI=1S/C16H12Cl2N2O2/c1-10-4-2-3-5-14(10)21-9-15-19-16(22-20-15)12-7-6-11(17)8-13(12)18/h2-8H,9H2,1H3. The van der Waals surface area contributed by atoms with Gasteiger partial charge in [0.25, 0.3) is 5.89 Å². The van der Waals surface area contributed by atoms with Gasteiger partial charge in [-0.15, -0.1) is 0 Å². The second-order valence-electron chi connectivity index (χ2n) is 4.69. The van der Waals surface area contributed by atoms with E-state index in [1.165, 1.54) is 0 Å². The second kappa shape index (κ2) is 6.38. The lowest BCUT2D eigenvalue weighted by molar-refractivity contribution is 0.285. The summed E-state index contributed by atoms with van der Waals surface area (Å²) in [7, 11) is 0. The van der Waals surface area contributed by atoms with E-state index in [2.05, 4.69) is 10.1 Å². The van der Waals surface area contributed by atoms with Crippen molar-refractivity contribution < 1.29 is 9.26 Å². The van der Waals surface area contributed by atoms with Gasteiger partial charge in [0.15, 0.2) is 6.61 Å². The molecular formula is C16H12Cl2N2O2. The zero-order valence-electron chi connectivity index (χ0n) is 11.7. The van der Waals surface area contributed by atoms with Crippen molar-refractivity contribution in [3.8, 4) is 17.2 Å². The van der Waals surface area contributed by atoms with Gasteiger partial charge in [-0.25, -0.2) is 0 Å². The highest BCUT2D eigenvalue weighted by atomic mass is 35.5. The first-order valence-electron chi connectivity index (χ1n) is 6.60. The predicted octanol–water partition coefficient (Wildman–Crippen LogP) is 4.93. The van der Waals surface area contributed by atoms with Crippen molar-refractivity contribution in [3.63, 3.8) is 0 Å². The maximum absolute atomic E-state index is 6.12. The first-order chi connectivity index (χ1) is 10.6. The molecule has 4 nitrogen and oxygen atoms in total. The van der Waals surface area contributed by atoms with Crippen molar-refractivity contribution in [2.45, 2.75) is 13.5 Å². The summed E-state index contributed by atoms with van der Waals surface area (Å²) in [6, 6.07) is 12.8. The molecular weight excluding hydrogens is 323 g/mol. The average molecular weight is 335 g/mol. The molecule has 0 fully saturated rings. The van der Waals surface area contributed by atoms with Crippen LogP contribution in [0.25, 0.3) is 11.5 Å². The minimum atomic E-state index is 0.222. The van der Waals surface area contributed by atoms with Crippen molar-refractivity contribution in [1.29, 1.82) is 0 Å². The quantitative estimate of drug-likeness (QED) is 0.678. The number of para-hydroxylation sites is 1. The molecule has 0 aliphatic carbocycles. The number of aromatic nitrogens is 2. The molecule has 0 atom stereocenters. The molecule has 6 heteroatoms. The Morgan fingerprint density at radius 2 is 1.95 bits per heavy atom. The maximum Gasteiger partial charge on any atom is 0.259 e. The Labute approximate surface area is 137 Å². The lowest BCUT2D eigenvalue weighted by atomic mass is 10.2. The van der Waals surface area contributed by atoms with E-state index >= 15 is 0 Å². The van der Waals surface area contributed by atoms with E-state index in [1.54, 1.807) is 18.2 Å². The zero-order valence-corrected chi connectivity index (χ0v) is 13.2. The average Bonchev–Trinajstić information content (AvgIpc) is 2.95. The number of hydrogen-bond acceptors (Lipinski definition) is 4. The second-order valence-corrected chi connectivity index (χ2v) is 5.54. The summed E-state index contributed by atoms with van der Waals surface area (Å²) in [6.07, 6.45) is 0. The molecule has 0 aliphatic rings. The van der Waals surface area contributed by atoms with E-state index in [4.69, 9.17) is 32.5 Å². The summed E-state index contributed by atoms with van der Waals surface area (Å²) < 4.78 is 10.9. The van der Waals surface area contributed by atoms with Gasteiger partial charge in [-0.05, 0) is 36.8 Å². The SMILES string of the molecule is Cc1ccccc1OCc1noc(-c2ccc(Cl)cc2Cl)n1. The van der Waals surface area contributed by atoms with Gasteiger partial charge in [0, 0.05) is 5.02 Å². The van der Waals surface area contributed by atoms with Crippen molar-refractivity contribution in [2.24, 2.45) is 0 Å². The van der Waals surface area contributed by atoms with Gasteiger partial charge in [0.1, 0.15) is 5.75 Å². The molecule has 1 aromatic heterocycles. The van der Waals surface area contributed by atoms with Gasteiger partial charge in [-0.1, -0.05) is 46.6 Å². The van der Waals surface area contributed by atoms with Crippen molar-refractivity contribution in [1.82, 2.24) is 10.1 Å². The smallest absolute Gasteiger partial charge is 0.259 e. The number of benzene rings is 2. The molecule has 22 heavy (non-hydrogen) atoms. The predicted molar refractivity (Wildman–Crippen MR) is 85.3 cm³/mol. The number of aryl methyl sites for hydroxylation is 1. The van der Waals surface area contributed by atoms with Crippen molar-refractivity contribution in [3.05, 3.63) is 63.9 Å². The van der Waals surface area contributed by atoms with Crippen LogP contribution in [0.4, 0.5) is 0 Å². The molecule has 0 radical (unpaired) electrons. The third kappa shape index (κ3) is 3.24. The molecule has 0 spiro atoms. The summed E-state index contributed by atoms with van der Waals surface area (Å²) in [5.41, 5.74) is 1.69. The van der Waals surface area contributed by atoms with Gasteiger partial charge < -0.3 is 9.26 Å². The first-order valence-corrected chi connectivity index (χ1v) is 7.35. The Balaban J connectivity index is 1.75. The van der Waals surface area contributed by atoms with Crippen LogP contribution >= 0.6 is 23.2 Å². The summed E-state index contributed by atoms with van der Waals surface area (Å²) in [6.45, 7) is 2.20. The van der Waals surface area contributed by atoms with E-state index in [-0.39, 0.29) is 6.61 Å². The summed E-state index contributed by atoms with van der Waals surface area (Å²) in [5.74, 6) is 1.58. The molecule has 3 rings (SSSR count). The van der Waals surface area contributed by atoms with Crippen LogP contribution in [0.15, 0.2) is 47.0 Å². The summed E-state index contributed by atoms with van der Waals surface area (Å²) in [4.78, 5) is 4.29. The lowest BCUT2D eigenvalue weighted by Crippen LogP contribution is -1.98. The van der Waals surface area contributed by atoms with Crippen LogP contribution in [0.1, 0.15) is 11.4 Å². The third-order valence-corrected chi connectivity index (χ3v) is 3.63. The number of halogens is 2. The van der Waals surface area contributed by atoms with E-state index in [1.807, 2.05) is 31.2 Å². The number of rotatable bonds is 4. The third-order valence-electron chi connectivity index (χ3n) is 3.08. The molecule has 0 aliphatic heterocycles. The van der Waals surface area contributed by atoms with Gasteiger partial charge in [-0.2, -0.15) is 4.98 Å². The molecule has 0 bridgehead atoms. The summed E-state index contributed by atoms with van der Waals surface area (Å²) in [5, 5.41) is 4.91. The highest BCUT2D eigenvalue weighted by molar-refractivity contribution is 6.36. The van der Waals surface area contributed by atoms with Gasteiger partial charge in [0.05, 0.1) is 10.6 Å². The monoisotopic (exact) mass is 334 g/mol. The van der Waals surface area contributed by atoms with Crippen molar-refractivity contribution >= 4 is 23.2 Å². The van der Waals surface area contributed by atoms with E-state index < -0.39 is 0 Å². The molecule has 0 saturated heterocycles. The highest BCUT2D eigenvalue weighted by Gasteiger charge is 2.13. The van der Waals surface area contributed by atoms with Crippen LogP contribution in [0.2, 0.25) is 10.0 Å². The van der Waals surface area contributed by atoms with E-state index in [0.717, 1.165) is 11.3 Å². The zero-order chi connectivity index (χ0) is 15.5. The van der Waals surface area contributed by atoms with Crippen LogP contribution in [-0.4, -0.2) is 10.1 Å². The normalized spacial score (nSPS) is 10.7. The molecule has 0 unspecified atom stereocenters. The molecule has 2 aromatic carbocycles. The van der Waals surface area contributed by atoms with Gasteiger partial charge >= 0.3 is 0 Å². The minimum Gasteiger partial charge on any atom is -0.485 e. The molecule has 3 aromatic rings. The number of hydrogen-bond donors (Lipinski definition) is 0. The first kappa shape index (κ1) is 14.9. The van der Waals surface area contributed by atoms with Gasteiger partial charge in [0.2, 0.25) is 5.82 Å². The Morgan fingerprint density at radius 1 is 1.14 bits per heavy atom. The van der Waals surface area contributed by atoms with Crippen molar-refractivity contribution in [2.75, 3.05) is 0 Å². The van der Waals surface area contributed by atoms with E-state index in [9.17, 15) is 0 Å². The number of ether oxygens (including phenoxy) is 1. The Kier molecular flexibility index (Phi) is 4.32. The number of nitrogens with zero attached hydrogens (tertiary/aromatic N) is 2. The Hall–Kier alpha value is -2.04. The molecule has 112 valence electrons. The fourth-order valence-electron chi connectivity index (χ4n) is 1.95. The van der Waals surface area contributed by atoms with Crippen LogP contribution in [-0.2, 0) is 6.61 Å². The fraction of sp³-hybridized carbons (Fsp3) is 0.125.